The van der Waals surface area contributed by atoms with Gasteiger partial charge in [-0.05, 0) is 24.3 Å². The van der Waals surface area contributed by atoms with Crippen molar-refractivity contribution in [3.63, 3.8) is 0 Å². The topological polar surface area (TPSA) is 100 Å². The van der Waals surface area contributed by atoms with E-state index >= 15 is 0 Å². The van der Waals surface area contributed by atoms with Crippen molar-refractivity contribution in [2.75, 3.05) is 5.32 Å². The van der Waals surface area contributed by atoms with Crippen LogP contribution in [0.25, 0.3) is 5.69 Å². The van der Waals surface area contributed by atoms with Crippen LogP contribution < -0.4 is 5.32 Å². The summed E-state index contributed by atoms with van der Waals surface area (Å²) >= 11 is 6.17. The summed E-state index contributed by atoms with van der Waals surface area (Å²) in [7, 11) is 0. The summed E-state index contributed by atoms with van der Waals surface area (Å²) in [4.78, 5) is 19.6. The molecule has 0 bridgehead atoms. The largest absolute Gasteiger partial charge is 0.494 e. The van der Waals surface area contributed by atoms with E-state index in [1.807, 2.05) is 0 Å². The van der Waals surface area contributed by atoms with Gasteiger partial charge in [0.15, 0.2) is 11.8 Å². The lowest BCUT2D eigenvalue weighted by Crippen LogP contribution is -2.13. The quantitative estimate of drug-likeness (QED) is 0.685. The Morgan fingerprint density at radius 1 is 1.13 bits per heavy atom. The number of nitrogens with zero attached hydrogens (tertiary/aromatic N) is 3. The molecule has 3 aromatic rings. The third-order valence-electron chi connectivity index (χ3n) is 3.10. The highest BCUT2D eigenvalue weighted by atomic mass is 35.5. The van der Waals surface area contributed by atoms with E-state index in [9.17, 15) is 15.0 Å². The number of aromatic hydroxyl groups is 2. The second-order valence-electron chi connectivity index (χ2n) is 4.60. The third kappa shape index (κ3) is 2.95. The van der Waals surface area contributed by atoms with Crippen LogP contribution in [0.1, 0.15) is 10.5 Å². The number of nitrogens with one attached hydrogen (secondary N) is 1. The van der Waals surface area contributed by atoms with Crippen LogP contribution in [0.2, 0.25) is 5.02 Å². The first-order valence-corrected chi connectivity index (χ1v) is 6.91. The molecule has 2 heterocycles. The van der Waals surface area contributed by atoms with Crippen LogP contribution in [-0.4, -0.2) is 30.7 Å². The van der Waals surface area contributed by atoms with Gasteiger partial charge in [0.25, 0.3) is 5.91 Å². The molecule has 2 aromatic heterocycles. The average molecular weight is 331 g/mol. The molecule has 0 spiro atoms. The highest BCUT2D eigenvalue weighted by Crippen LogP contribution is 2.32. The molecule has 0 aliphatic heterocycles. The van der Waals surface area contributed by atoms with Gasteiger partial charge in [-0.2, -0.15) is 0 Å². The van der Waals surface area contributed by atoms with Gasteiger partial charge in [0.2, 0.25) is 0 Å². The summed E-state index contributed by atoms with van der Waals surface area (Å²) in [6.07, 6.45) is 2.75. The number of hydrogen-bond donors (Lipinski definition) is 3. The number of aromatic nitrogens is 3. The van der Waals surface area contributed by atoms with Gasteiger partial charge in [0, 0.05) is 24.0 Å². The monoisotopic (exact) mass is 330 g/mol. The van der Waals surface area contributed by atoms with E-state index < -0.39 is 5.91 Å². The number of amides is 1. The van der Waals surface area contributed by atoms with E-state index in [1.54, 1.807) is 12.1 Å². The molecule has 3 N–H and O–H groups in total. The fourth-order valence-corrected chi connectivity index (χ4v) is 2.31. The lowest BCUT2D eigenvalue weighted by atomic mass is 10.2. The highest BCUT2D eigenvalue weighted by molar-refractivity contribution is 6.32. The Morgan fingerprint density at radius 2 is 1.87 bits per heavy atom. The third-order valence-corrected chi connectivity index (χ3v) is 3.40. The molecule has 1 aromatic carbocycles. The van der Waals surface area contributed by atoms with E-state index in [0.29, 0.717) is 11.4 Å². The Kier molecular flexibility index (Phi) is 3.86. The Hall–Kier alpha value is -3.06. The summed E-state index contributed by atoms with van der Waals surface area (Å²) in [5.74, 6) is -0.702. The van der Waals surface area contributed by atoms with Crippen molar-refractivity contribution < 1.29 is 15.0 Å². The van der Waals surface area contributed by atoms with Gasteiger partial charge in [0.1, 0.15) is 12.0 Å². The first kappa shape index (κ1) is 14.9. The zero-order valence-corrected chi connectivity index (χ0v) is 12.4. The Bertz CT molecular complexity index is 845. The maximum Gasteiger partial charge on any atom is 0.274 e. The molecule has 0 fully saturated rings. The van der Waals surface area contributed by atoms with Gasteiger partial charge in [0.05, 0.1) is 10.7 Å². The van der Waals surface area contributed by atoms with Crippen molar-refractivity contribution in [2.45, 2.75) is 0 Å². The minimum absolute atomic E-state index is 0.151. The molecule has 0 aliphatic carbocycles. The van der Waals surface area contributed by atoms with Crippen LogP contribution in [0.5, 0.6) is 11.8 Å². The predicted molar refractivity (Wildman–Crippen MR) is 84.1 cm³/mol. The summed E-state index contributed by atoms with van der Waals surface area (Å²) < 4.78 is 1.18. The fourth-order valence-electron chi connectivity index (χ4n) is 2.05. The van der Waals surface area contributed by atoms with Crippen LogP contribution in [0.3, 0.4) is 0 Å². The molecule has 1 amide bonds. The number of carbonyl (C=O) groups is 1. The Morgan fingerprint density at radius 3 is 2.48 bits per heavy atom. The number of anilines is 1. The molecule has 116 valence electrons. The summed E-state index contributed by atoms with van der Waals surface area (Å²) in [6.45, 7) is 0. The van der Waals surface area contributed by atoms with Gasteiger partial charge in [-0.1, -0.05) is 11.6 Å². The Balaban J connectivity index is 1.87. The molecule has 0 saturated heterocycles. The molecule has 23 heavy (non-hydrogen) atoms. The lowest BCUT2D eigenvalue weighted by molar-refractivity contribution is 0.102. The van der Waals surface area contributed by atoms with Gasteiger partial charge in [-0.3, -0.25) is 9.36 Å². The van der Waals surface area contributed by atoms with Crippen LogP contribution in [0.15, 0.2) is 48.9 Å². The number of carbonyl (C=O) groups excluding carboxylic acids is 1. The number of rotatable bonds is 3. The number of benzene rings is 1. The van der Waals surface area contributed by atoms with Crippen molar-refractivity contribution in [3.8, 4) is 17.4 Å². The first-order valence-electron chi connectivity index (χ1n) is 6.53. The standard InChI is InChI=1S/C15H11ClN4O3/c16-10-7-9(19-15(23)11-5-6-17-8-18-11)1-2-12(10)20-13(21)3-4-14(20)22/h1-8,21-22H,(H,19,23). The SMILES string of the molecule is O=C(Nc1ccc(-n2c(O)ccc2O)c(Cl)c1)c1ccncn1. The Labute approximate surface area is 135 Å². The van der Waals surface area contributed by atoms with Crippen molar-refractivity contribution >= 4 is 23.2 Å². The molecule has 7 nitrogen and oxygen atoms in total. The van der Waals surface area contributed by atoms with E-state index in [4.69, 9.17) is 11.6 Å². The van der Waals surface area contributed by atoms with Crippen LogP contribution in [-0.2, 0) is 0 Å². The first-order chi connectivity index (χ1) is 11.1. The molecule has 8 heteroatoms. The van der Waals surface area contributed by atoms with Crippen molar-refractivity contribution in [2.24, 2.45) is 0 Å². The molecule has 0 radical (unpaired) electrons. The highest BCUT2D eigenvalue weighted by Gasteiger charge is 2.13. The van der Waals surface area contributed by atoms with Crippen molar-refractivity contribution in [3.05, 3.63) is 59.6 Å². The summed E-state index contributed by atoms with van der Waals surface area (Å²) in [6, 6.07) is 8.85. The van der Waals surface area contributed by atoms with Crippen LogP contribution in [0, 0.1) is 0 Å². The molecule has 0 unspecified atom stereocenters. The fraction of sp³-hybridized carbons (Fsp3) is 0. The molecular formula is C15H11ClN4O3. The van der Waals surface area contributed by atoms with Gasteiger partial charge < -0.3 is 15.5 Å². The smallest absolute Gasteiger partial charge is 0.274 e. The lowest BCUT2D eigenvalue weighted by Gasteiger charge is -2.11. The van der Waals surface area contributed by atoms with Crippen LogP contribution >= 0.6 is 11.6 Å². The summed E-state index contributed by atoms with van der Waals surface area (Å²) in [5, 5.41) is 22.4. The van der Waals surface area contributed by atoms with Gasteiger partial charge in [-0.25, -0.2) is 9.97 Å². The zero-order valence-electron chi connectivity index (χ0n) is 11.6. The van der Waals surface area contributed by atoms with E-state index in [-0.39, 0.29) is 22.5 Å². The second kappa shape index (κ2) is 5.98. The molecule has 0 atom stereocenters. The van der Waals surface area contributed by atoms with E-state index in [2.05, 4.69) is 15.3 Å². The molecular weight excluding hydrogens is 320 g/mol. The van der Waals surface area contributed by atoms with Crippen LogP contribution in [0.4, 0.5) is 5.69 Å². The van der Waals surface area contributed by atoms with E-state index in [0.717, 1.165) is 0 Å². The van der Waals surface area contributed by atoms with Crippen molar-refractivity contribution in [1.29, 1.82) is 0 Å². The van der Waals surface area contributed by atoms with Gasteiger partial charge in [-0.15, -0.1) is 0 Å². The zero-order chi connectivity index (χ0) is 16.4. The maximum atomic E-state index is 12.0. The normalized spacial score (nSPS) is 10.5. The number of hydrogen-bond acceptors (Lipinski definition) is 5. The molecule has 3 rings (SSSR count). The predicted octanol–water partition coefficient (Wildman–Crippen LogP) is 2.58. The van der Waals surface area contributed by atoms with Crippen molar-refractivity contribution in [1.82, 2.24) is 14.5 Å². The van der Waals surface area contributed by atoms with Gasteiger partial charge >= 0.3 is 0 Å². The van der Waals surface area contributed by atoms with E-state index in [1.165, 1.54) is 41.4 Å². The maximum absolute atomic E-state index is 12.0. The number of halogens is 1. The minimum Gasteiger partial charge on any atom is -0.494 e. The molecule has 0 saturated carbocycles. The molecule has 0 aliphatic rings. The minimum atomic E-state index is -0.400. The second-order valence-corrected chi connectivity index (χ2v) is 5.01. The average Bonchev–Trinajstić information content (AvgIpc) is 2.88. The summed E-state index contributed by atoms with van der Waals surface area (Å²) in [5.41, 5.74) is 1.06.